The average Bonchev–Trinajstić information content (AvgIpc) is 2.40. The molecule has 1 aromatic carbocycles. The molecule has 17 heavy (non-hydrogen) atoms. The minimum Gasteiger partial charge on any atom is -0.497 e. The van der Waals surface area contributed by atoms with E-state index in [0.717, 1.165) is 11.3 Å². The van der Waals surface area contributed by atoms with E-state index in [1.54, 1.807) is 7.11 Å². The molecule has 0 radical (unpaired) electrons. The van der Waals surface area contributed by atoms with Crippen LogP contribution < -0.4 is 10.1 Å². The van der Waals surface area contributed by atoms with Gasteiger partial charge in [0.05, 0.1) is 7.11 Å². The molecule has 1 aromatic rings. The van der Waals surface area contributed by atoms with Gasteiger partial charge in [0.25, 0.3) is 0 Å². The summed E-state index contributed by atoms with van der Waals surface area (Å²) in [6, 6.07) is 8.13. The molecule has 0 saturated heterocycles. The summed E-state index contributed by atoms with van der Waals surface area (Å²) in [6.45, 7) is 0. The molecular formula is C14H20N2O. The summed E-state index contributed by atoms with van der Waals surface area (Å²) in [6.07, 6.45) is 6.30. The molecule has 2 N–H and O–H groups in total. The quantitative estimate of drug-likeness (QED) is 0.621. The van der Waals surface area contributed by atoms with Crippen molar-refractivity contribution in [3.8, 4) is 5.75 Å². The second-order valence-electron chi connectivity index (χ2n) is 4.58. The molecule has 3 heteroatoms. The van der Waals surface area contributed by atoms with Crippen LogP contribution in [0.2, 0.25) is 0 Å². The molecule has 2 rings (SSSR count). The Morgan fingerprint density at radius 2 is 1.82 bits per heavy atom. The van der Waals surface area contributed by atoms with Gasteiger partial charge in [-0.25, -0.2) is 0 Å². The van der Waals surface area contributed by atoms with Gasteiger partial charge in [-0.1, -0.05) is 19.3 Å². The molecule has 1 aliphatic rings. The van der Waals surface area contributed by atoms with Crippen molar-refractivity contribution >= 4 is 5.84 Å². The van der Waals surface area contributed by atoms with Crippen LogP contribution >= 0.6 is 0 Å². The second-order valence-corrected chi connectivity index (χ2v) is 4.58. The first-order valence-electron chi connectivity index (χ1n) is 6.29. The number of ether oxygens (including phenoxy) is 1. The Balaban J connectivity index is 1.93. The SMILES string of the molecule is COc1ccc(C(=N)NC2CCCCC2)cc1. The highest BCUT2D eigenvalue weighted by Gasteiger charge is 2.14. The number of hydrogen-bond donors (Lipinski definition) is 2. The highest BCUT2D eigenvalue weighted by atomic mass is 16.5. The molecule has 3 nitrogen and oxygen atoms in total. The van der Waals surface area contributed by atoms with Gasteiger partial charge in [0.1, 0.15) is 11.6 Å². The lowest BCUT2D eigenvalue weighted by atomic mass is 9.95. The van der Waals surface area contributed by atoms with Gasteiger partial charge >= 0.3 is 0 Å². The van der Waals surface area contributed by atoms with Crippen molar-refractivity contribution in [3.63, 3.8) is 0 Å². The molecule has 0 aromatic heterocycles. The Morgan fingerprint density at radius 3 is 2.41 bits per heavy atom. The number of methoxy groups -OCH3 is 1. The second kappa shape index (κ2) is 5.71. The van der Waals surface area contributed by atoms with Gasteiger partial charge in [-0.05, 0) is 37.1 Å². The van der Waals surface area contributed by atoms with Crippen molar-refractivity contribution in [1.29, 1.82) is 5.41 Å². The molecule has 0 atom stereocenters. The zero-order valence-electron chi connectivity index (χ0n) is 10.3. The van der Waals surface area contributed by atoms with Crippen molar-refractivity contribution < 1.29 is 4.74 Å². The van der Waals surface area contributed by atoms with Crippen LogP contribution in [0, 0.1) is 5.41 Å². The standard InChI is InChI=1S/C14H20N2O/c1-17-13-9-7-11(8-10-13)14(15)16-12-5-3-2-4-6-12/h7-10,12H,2-6H2,1H3,(H2,15,16). The summed E-state index contributed by atoms with van der Waals surface area (Å²) in [5, 5.41) is 11.4. The van der Waals surface area contributed by atoms with Gasteiger partial charge in [0, 0.05) is 11.6 Å². The highest BCUT2D eigenvalue weighted by molar-refractivity contribution is 5.96. The molecule has 0 aliphatic heterocycles. The van der Waals surface area contributed by atoms with Crippen LogP contribution in [0.25, 0.3) is 0 Å². The fourth-order valence-electron chi connectivity index (χ4n) is 2.29. The van der Waals surface area contributed by atoms with Crippen molar-refractivity contribution in [2.45, 2.75) is 38.1 Å². The highest BCUT2D eigenvalue weighted by Crippen LogP contribution is 2.18. The van der Waals surface area contributed by atoms with Gasteiger partial charge in [0.15, 0.2) is 0 Å². The molecule has 1 fully saturated rings. The molecule has 0 unspecified atom stereocenters. The number of amidine groups is 1. The minimum atomic E-state index is 0.485. The lowest BCUT2D eigenvalue weighted by Gasteiger charge is -2.24. The molecule has 0 heterocycles. The smallest absolute Gasteiger partial charge is 0.125 e. The normalized spacial score (nSPS) is 16.5. The van der Waals surface area contributed by atoms with Crippen LogP contribution in [-0.2, 0) is 0 Å². The zero-order valence-corrected chi connectivity index (χ0v) is 10.3. The van der Waals surface area contributed by atoms with Crippen LogP contribution in [0.3, 0.4) is 0 Å². The molecule has 0 amide bonds. The Labute approximate surface area is 103 Å². The number of benzene rings is 1. The molecule has 1 aliphatic carbocycles. The largest absolute Gasteiger partial charge is 0.497 e. The Hall–Kier alpha value is -1.51. The van der Waals surface area contributed by atoms with E-state index in [-0.39, 0.29) is 0 Å². The van der Waals surface area contributed by atoms with Gasteiger partial charge in [-0.15, -0.1) is 0 Å². The molecule has 0 spiro atoms. The fourth-order valence-corrected chi connectivity index (χ4v) is 2.29. The maximum atomic E-state index is 8.04. The molecule has 92 valence electrons. The third-order valence-electron chi connectivity index (χ3n) is 3.33. The van der Waals surface area contributed by atoms with E-state index in [0.29, 0.717) is 11.9 Å². The summed E-state index contributed by atoms with van der Waals surface area (Å²) in [7, 11) is 1.65. The number of nitrogens with one attached hydrogen (secondary N) is 2. The first-order chi connectivity index (χ1) is 8.29. The van der Waals surface area contributed by atoms with Gasteiger partial charge < -0.3 is 10.1 Å². The Bertz CT molecular complexity index is 366. The van der Waals surface area contributed by atoms with Crippen LogP contribution in [0.4, 0.5) is 0 Å². The average molecular weight is 232 g/mol. The summed E-state index contributed by atoms with van der Waals surface area (Å²) in [5.41, 5.74) is 0.927. The lowest BCUT2D eigenvalue weighted by Crippen LogP contribution is -2.36. The van der Waals surface area contributed by atoms with Crippen LogP contribution in [0.5, 0.6) is 5.75 Å². The van der Waals surface area contributed by atoms with Crippen molar-refractivity contribution in [2.24, 2.45) is 0 Å². The third-order valence-corrected chi connectivity index (χ3v) is 3.33. The van der Waals surface area contributed by atoms with Crippen LogP contribution in [0.15, 0.2) is 24.3 Å². The van der Waals surface area contributed by atoms with Crippen molar-refractivity contribution in [1.82, 2.24) is 5.32 Å². The first-order valence-corrected chi connectivity index (χ1v) is 6.29. The third kappa shape index (κ3) is 3.22. The Morgan fingerprint density at radius 1 is 1.18 bits per heavy atom. The topological polar surface area (TPSA) is 45.1 Å². The van der Waals surface area contributed by atoms with E-state index in [4.69, 9.17) is 10.1 Å². The van der Waals surface area contributed by atoms with Crippen LogP contribution in [-0.4, -0.2) is 19.0 Å². The van der Waals surface area contributed by atoms with E-state index < -0.39 is 0 Å². The van der Waals surface area contributed by atoms with Crippen molar-refractivity contribution in [3.05, 3.63) is 29.8 Å². The lowest BCUT2D eigenvalue weighted by molar-refractivity contribution is 0.412. The summed E-state index contributed by atoms with van der Waals surface area (Å²) in [4.78, 5) is 0. The number of rotatable bonds is 3. The minimum absolute atomic E-state index is 0.485. The van der Waals surface area contributed by atoms with E-state index >= 15 is 0 Å². The fraction of sp³-hybridized carbons (Fsp3) is 0.500. The van der Waals surface area contributed by atoms with Gasteiger partial charge in [-0.3, -0.25) is 5.41 Å². The summed E-state index contributed by atoms with van der Waals surface area (Å²) < 4.78 is 5.11. The predicted molar refractivity (Wildman–Crippen MR) is 69.8 cm³/mol. The monoisotopic (exact) mass is 232 g/mol. The Kier molecular flexibility index (Phi) is 4.02. The van der Waals surface area contributed by atoms with Crippen LogP contribution in [0.1, 0.15) is 37.7 Å². The van der Waals surface area contributed by atoms with Gasteiger partial charge in [0.2, 0.25) is 0 Å². The molecular weight excluding hydrogens is 212 g/mol. The first kappa shape index (κ1) is 12.0. The predicted octanol–water partition coefficient (Wildman–Crippen LogP) is 2.94. The van der Waals surface area contributed by atoms with E-state index in [2.05, 4.69) is 5.32 Å². The zero-order chi connectivity index (χ0) is 12.1. The van der Waals surface area contributed by atoms with Crippen molar-refractivity contribution in [2.75, 3.05) is 7.11 Å². The maximum absolute atomic E-state index is 8.04. The maximum Gasteiger partial charge on any atom is 0.125 e. The molecule has 1 saturated carbocycles. The summed E-state index contributed by atoms with van der Waals surface area (Å²) >= 11 is 0. The van der Waals surface area contributed by atoms with E-state index in [1.165, 1.54) is 32.1 Å². The molecule has 0 bridgehead atoms. The summed E-state index contributed by atoms with van der Waals surface area (Å²) in [5.74, 6) is 1.36. The van der Waals surface area contributed by atoms with E-state index in [9.17, 15) is 0 Å². The van der Waals surface area contributed by atoms with E-state index in [1.807, 2.05) is 24.3 Å². The van der Waals surface area contributed by atoms with Gasteiger partial charge in [-0.2, -0.15) is 0 Å². The number of hydrogen-bond acceptors (Lipinski definition) is 2.